The van der Waals surface area contributed by atoms with Crippen LogP contribution < -0.4 is 5.73 Å². The van der Waals surface area contributed by atoms with Gasteiger partial charge in [-0.05, 0) is 28.1 Å². The van der Waals surface area contributed by atoms with Crippen molar-refractivity contribution in [1.29, 1.82) is 0 Å². The van der Waals surface area contributed by atoms with Gasteiger partial charge in [-0.2, -0.15) is 0 Å². The number of hydrogen-bond acceptors (Lipinski definition) is 3. The zero-order valence-electron chi connectivity index (χ0n) is 9.81. The molecule has 0 saturated carbocycles. The van der Waals surface area contributed by atoms with Gasteiger partial charge in [-0.15, -0.1) is 0 Å². The molecule has 3 N–H and O–H groups in total. The van der Waals surface area contributed by atoms with Gasteiger partial charge < -0.3 is 15.3 Å². The highest BCUT2D eigenvalue weighted by atomic mass is 79.9. The standard InChI is InChI=1S/C12H12BrN5/c1-18-10(5-14)17-11(12(18)13)7-2-3-8-9(4-7)16-6-15-8/h2-4,6H,5,14H2,1H3,(H,15,16). The molecule has 18 heavy (non-hydrogen) atoms. The zero-order chi connectivity index (χ0) is 12.7. The number of nitrogens with two attached hydrogens (primary N) is 1. The van der Waals surface area contributed by atoms with E-state index in [-0.39, 0.29) is 0 Å². The lowest BCUT2D eigenvalue weighted by atomic mass is 10.1. The number of benzene rings is 1. The summed E-state index contributed by atoms with van der Waals surface area (Å²) in [5, 5.41) is 0. The monoisotopic (exact) mass is 305 g/mol. The first-order chi connectivity index (χ1) is 8.70. The average Bonchev–Trinajstić information content (AvgIpc) is 2.95. The second kappa shape index (κ2) is 4.22. The van der Waals surface area contributed by atoms with Gasteiger partial charge in [0.05, 0.1) is 23.9 Å². The summed E-state index contributed by atoms with van der Waals surface area (Å²) in [6.45, 7) is 0.418. The molecular weight excluding hydrogens is 294 g/mol. The maximum absolute atomic E-state index is 5.66. The third-order valence-electron chi connectivity index (χ3n) is 2.99. The van der Waals surface area contributed by atoms with Crippen molar-refractivity contribution < 1.29 is 0 Å². The smallest absolute Gasteiger partial charge is 0.123 e. The van der Waals surface area contributed by atoms with Crippen LogP contribution in [0.5, 0.6) is 0 Å². The molecule has 0 saturated heterocycles. The minimum absolute atomic E-state index is 0.418. The van der Waals surface area contributed by atoms with Crippen molar-refractivity contribution in [3.05, 3.63) is 35.0 Å². The highest BCUT2D eigenvalue weighted by Gasteiger charge is 2.13. The van der Waals surface area contributed by atoms with E-state index in [1.165, 1.54) is 0 Å². The van der Waals surface area contributed by atoms with E-state index in [1.807, 2.05) is 29.8 Å². The Labute approximate surface area is 112 Å². The Hall–Kier alpha value is -1.66. The van der Waals surface area contributed by atoms with Crippen LogP contribution in [0.3, 0.4) is 0 Å². The molecule has 0 aliphatic heterocycles. The summed E-state index contributed by atoms with van der Waals surface area (Å²) in [7, 11) is 1.94. The Morgan fingerprint density at radius 1 is 1.44 bits per heavy atom. The predicted octanol–water partition coefficient (Wildman–Crippen LogP) is 2.18. The number of aromatic nitrogens is 4. The summed E-state index contributed by atoms with van der Waals surface area (Å²) in [5.74, 6) is 0.849. The molecule has 6 heteroatoms. The van der Waals surface area contributed by atoms with E-state index in [1.54, 1.807) is 6.33 Å². The Kier molecular flexibility index (Phi) is 2.68. The highest BCUT2D eigenvalue weighted by molar-refractivity contribution is 9.10. The van der Waals surface area contributed by atoms with Crippen LogP contribution in [0.1, 0.15) is 5.82 Å². The molecule has 3 rings (SSSR count). The largest absolute Gasteiger partial charge is 0.345 e. The number of rotatable bonds is 2. The zero-order valence-corrected chi connectivity index (χ0v) is 11.4. The van der Waals surface area contributed by atoms with Gasteiger partial charge in [-0.3, -0.25) is 0 Å². The van der Waals surface area contributed by atoms with Crippen LogP contribution in [0.25, 0.3) is 22.3 Å². The Morgan fingerprint density at radius 2 is 2.28 bits per heavy atom. The van der Waals surface area contributed by atoms with Crippen LogP contribution in [-0.4, -0.2) is 19.5 Å². The van der Waals surface area contributed by atoms with E-state index in [9.17, 15) is 0 Å². The molecule has 0 amide bonds. The summed E-state index contributed by atoms with van der Waals surface area (Å²) in [6, 6.07) is 6.02. The first-order valence-electron chi connectivity index (χ1n) is 5.55. The fourth-order valence-electron chi connectivity index (χ4n) is 1.97. The number of nitrogens with one attached hydrogen (secondary N) is 1. The van der Waals surface area contributed by atoms with Crippen molar-refractivity contribution in [2.24, 2.45) is 12.8 Å². The summed E-state index contributed by atoms with van der Waals surface area (Å²) >= 11 is 3.55. The van der Waals surface area contributed by atoms with Gasteiger partial charge in [0, 0.05) is 12.6 Å². The van der Waals surface area contributed by atoms with Crippen LogP contribution in [0.4, 0.5) is 0 Å². The summed E-state index contributed by atoms with van der Waals surface area (Å²) in [5.41, 5.74) is 9.55. The molecular formula is C12H12BrN5. The molecule has 0 fully saturated rings. The molecule has 0 radical (unpaired) electrons. The van der Waals surface area contributed by atoms with E-state index in [0.29, 0.717) is 6.54 Å². The molecule has 0 unspecified atom stereocenters. The van der Waals surface area contributed by atoms with Crippen LogP contribution in [0.2, 0.25) is 0 Å². The minimum atomic E-state index is 0.418. The van der Waals surface area contributed by atoms with E-state index < -0.39 is 0 Å². The summed E-state index contributed by atoms with van der Waals surface area (Å²) in [6.07, 6.45) is 1.69. The number of imidazole rings is 2. The van der Waals surface area contributed by atoms with Crippen molar-refractivity contribution in [2.45, 2.75) is 6.54 Å². The summed E-state index contributed by atoms with van der Waals surface area (Å²) < 4.78 is 2.88. The highest BCUT2D eigenvalue weighted by Crippen LogP contribution is 2.29. The van der Waals surface area contributed by atoms with Crippen LogP contribution in [0, 0.1) is 0 Å². The Morgan fingerprint density at radius 3 is 3.00 bits per heavy atom. The first kappa shape index (κ1) is 11.4. The maximum Gasteiger partial charge on any atom is 0.123 e. The molecule has 92 valence electrons. The van der Waals surface area contributed by atoms with Gasteiger partial charge in [0.15, 0.2) is 0 Å². The Balaban J connectivity index is 2.19. The van der Waals surface area contributed by atoms with Crippen LogP contribution in [-0.2, 0) is 13.6 Å². The van der Waals surface area contributed by atoms with Gasteiger partial charge in [0.1, 0.15) is 16.1 Å². The van der Waals surface area contributed by atoms with E-state index in [2.05, 4.69) is 30.9 Å². The molecule has 2 aromatic heterocycles. The minimum Gasteiger partial charge on any atom is -0.345 e. The van der Waals surface area contributed by atoms with Crippen molar-refractivity contribution in [1.82, 2.24) is 19.5 Å². The fourth-order valence-corrected chi connectivity index (χ4v) is 2.49. The molecule has 5 nitrogen and oxygen atoms in total. The van der Waals surface area contributed by atoms with Crippen molar-refractivity contribution in [3.63, 3.8) is 0 Å². The molecule has 0 atom stereocenters. The third-order valence-corrected chi connectivity index (χ3v) is 3.90. The second-order valence-electron chi connectivity index (χ2n) is 4.07. The number of aromatic amines is 1. The SMILES string of the molecule is Cn1c(CN)nc(-c2ccc3nc[nH]c3c2)c1Br. The van der Waals surface area contributed by atoms with Gasteiger partial charge in [-0.25, -0.2) is 9.97 Å². The van der Waals surface area contributed by atoms with Crippen molar-refractivity contribution in [2.75, 3.05) is 0 Å². The van der Waals surface area contributed by atoms with Gasteiger partial charge in [0.25, 0.3) is 0 Å². The topological polar surface area (TPSA) is 72.5 Å². The normalized spacial score (nSPS) is 11.3. The summed E-state index contributed by atoms with van der Waals surface area (Å²) in [4.78, 5) is 11.8. The molecule has 0 aliphatic rings. The molecule has 1 aromatic carbocycles. The van der Waals surface area contributed by atoms with Gasteiger partial charge >= 0.3 is 0 Å². The quantitative estimate of drug-likeness (QED) is 0.762. The third kappa shape index (κ3) is 1.65. The molecule has 0 spiro atoms. The molecule has 0 aliphatic carbocycles. The van der Waals surface area contributed by atoms with E-state index in [4.69, 9.17) is 5.73 Å². The van der Waals surface area contributed by atoms with Crippen LogP contribution in [0.15, 0.2) is 29.1 Å². The number of H-pyrrole nitrogens is 1. The molecule has 3 aromatic rings. The van der Waals surface area contributed by atoms with E-state index >= 15 is 0 Å². The maximum atomic E-state index is 5.66. The number of hydrogen-bond donors (Lipinski definition) is 2. The number of fused-ring (bicyclic) bond motifs is 1. The lowest BCUT2D eigenvalue weighted by Crippen LogP contribution is -2.04. The second-order valence-corrected chi connectivity index (χ2v) is 4.82. The average molecular weight is 306 g/mol. The van der Waals surface area contributed by atoms with Crippen molar-refractivity contribution in [3.8, 4) is 11.3 Å². The molecule has 0 bridgehead atoms. The number of halogens is 1. The Bertz CT molecular complexity index is 712. The lowest BCUT2D eigenvalue weighted by molar-refractivity contribution is 0.781. The first-order valence-corrected chi connectivity index (χ1v) is 6.34. The lowest BCUT2D eigenvalue weighted by Gasteiger charge is -1.99. The van der Waals surface area contributed by atoms with Crippen LogP contribution >= 0.6 is 15.9 Å². The van der Waals surface area contributed by atoms with Gasteiger partial charge in [-0.1, -0.05) is 6.07 Å². The van der Waals surface area contributed by atoms with Gasteiger partial charge in [0.2, 0.25) is 0 Å². The predicted molar refractivity (Wildman–Crippen MR) is 73.9 cm³/mol. The number of nitrogens with zero attached hydrogens (tertiary/aromatic N) is 3. The fraction of sp³-hybridized carbons (Fsp3) is 0.167. The van der Waals surface area contributed by atoms with E-state index in [0.717, 1.165) is 32.7 Å². The molecule has 2 heterocycles. The van der Waals surface area contributed by atoms with Crippen molar-refractivity contribution >= 4 is 27.0 Å².